The number of carboxylic acid groups (broad SMARTS) is 1. The Hall–Kier alpha value is -3.27. The zero-order valence-corrected chi connectivity index (χ0v) is 22.9. The number of hydrogen-bond acceptors (Lipinski definition) is 7. The van der Waals surface area contributed by atoms with E-state index < -0.39 is 17.6 Å². The number of piperidine rings is 1. The van der Waals surface area contributed by atoms with E-state index in [-0.39, 0.29) is 34.4 Å². The molecule has 10 heteroatoms. The quantitative estimate of drug-likeness (QED) is 0.428. The highest BCUT2D eigenvalue weighted by atomic mass is 35.5. The van der Waals surface area contributed by atoms with Gasteiger partial charge < -0.3 is 34.4 Å². The minimum absolute atomic E-state index is 0.0599. The predicted molar refractivity (Wildman–Crippen MR) is 151 cm³/mol. The fourth-order valence-corrected chi connectivity index (χ4v) is 6.20. The molecule has 1 aromatic heterocycles. The molecule has 208 valence electrons. The predicted octanol–water partition coefficient (Wildman–Crippen LogP) is 4.57. The molecule has 0 saturated carbocycles. The number of aromatic hydroxyl groups is 1. The minimum atomic E-state index is -0.996. The number of likely N-dealkylation sites (tertiary alicyclic amines) is 1. The molecule has 2 aromatic carbocycles. The van der Waals surface area contributed by atoms with E-state index >= 15 is 0 Å². The summed E-state index contributed by atoms with van der Waals surface area (Å²) in [5, 5.41) is 32.6. The maximum absolute atomic E-state index is 13.4. The van der Waals surface area contributed by atoms with Gasteiger partial charge in [0.05, 0.1) is 17.2 Å². The third-order valence-electron chi connectivity index (χ3n) is 8.13. The summed E-state index contributed by atoms with van der Waals surface area (Å²) in [5.74, 6) is -0.293. The molecule has 39 heavy (non-hydrogen) atoms. The van der Waals surface area contributed by atoms with E-state index in [1.165, 1.54) is 11.0 Å². The summed E-state index contributed by atoms with van der Waals surface area (Å²) in [5.41, 5.74) is 1.69. The molecule has 2 saturated heterocycles. The van der Waals surface area contributed by atoms with Crippen molar-refractivity contribution >= 4 is 34.4 Å². The first-order valence-electron chi connectivity index (χ1n) is 13.3. The number of hydrogen-bond donors (Lipinski definition) is 3. The number of rotatable bonds is 4. The third-order valence-corrected chi connectivity index (χ3v) is 8.46. The molecule has 0 spiro atoms. The van der Waals surface area contributed by atoms with Gasteiger partial charge in [0.15, 0.2) is 5.43 Å². The summed E-state index contributed by atoms with van der Waals surface area (Å²) in [6, 6.07) is 9.74. The third kappa shape index (κ3) is 5.31. The second kappa shape index (κ2) is 11.1. The van der Waals surface area contributed by atoms with Crippen molar-refractivity contribution in [3.63, 3.8) is 0 Å². The number of fused-ring (bicyclic) bond motifs is 1. The highest BCUT2D eigenvalue weighted by Crippen LogP contribution is 2.44. The Labute approximate surface area is 231 Å². The Kier molecular flexibility index (Phi) is 7.75. The number of β-amino-alcohol motifs (C(OH)–C–C–N with tert-alkyl or cyclic N) is 1. The largest absolute Gasteiger partial charge is 0.507 e. The van der Waals surface area contributed by atoms with Crippen molar-refractivity contribution < 1.29 is 24.5 Å². The van der Waals surface area contributed by atoms with Crippen LogP contribution in [0.5, 0.6) is 5.75 Å². The number of nitrogens with zero attached hydrogens (tertiary/aromatic N) is 3. The Morgan fingerprint density at radius 3 is 2.62 bits per heavy atom. The monoisotopic (exact) mass is 555 g/mol. The van der Waals surface area contributed by atoms with Crippen molar-refractivity contribution in [1.29, 1.82) is 0 Å². The van der Waals surface area contributed by atoms with Gasteiger partial charge in [-0.2, -0.15) is 0 Å². The van der Waals surface area contributed by atoms with Crippen LogP contribution in [-0.2, 0) is 0 Å². The second-order valence-electron chi connectivity index (χ2n) is 10.7. The SMILES string of the molecule is CN1CC[C@H](c2c(N3CCCCC(N(C)C(=O)O)C3)cc(O)c3c(=O)cc(-c4ccccc4Cl)oc23)[C@H](O)C1. The summed E-state index contributed by atoms with van der Waals surface area (Å²) < 4.78 is 6.42. The van der Waals surface area contributed by atoms with Crippen LogP contribution < -0.4 is 10.3 Å². The fraction of sp³-hybridized carbons (Fsp3) is 0.448. The van der Waals surface area contributed by atoms with Gasteiger partial charge in [0.2, 0.25) is 0 Å². The summed E-state index contributed by atoms with van der Waals surface area (Å²) in [7, 11) is 3.52. The average molecular weight is 556 g/mol. The molecular formula is C29H34ClN3O6. The molecule has 2 fully saturated rings. The lowest BCUT2D eigenvalue weighted by atomic mass is 9.84. The van der Waals surface area contributed by atoms with Gasteiger partial charge >= 0.3 is 6.09 Å². The zero-order valence-electron chi connectivity index (χ0n) is 22.1. The van der Waals surface area contributed by atoms with Gasteiger partial charge in [-0.3, -0.25) is 4.79 Å². The van der Waals surface area contributed by atoms with Crippen LogP contribution in [0.2, 0.25) is 5.02 Å². The van der Waals surface area contributed by atoms with E-state index in [9.17, 15) is 24.9 Å². The number of likely N-dealkylation sites (N-methyl/N-ethyl adjacent to an activating group) is 2. The van der Waals surface area contributed by atoms with Gasteiger partial charge in [0.25, 0.3) is 0 Å². The van der Waals surface area contributed by atoms with Crippen LogP contribution in [0.15, 0.2) is 45.6 Å². The van der Waals surface area contributed by atoms with E-state index in [2.05, 4.69) is 9.80 Å². The molecule has 0 radical (unpaired) electrons. The lowest BCUT2D eigenvalue weighted by Crippen LogP contribution is -2.44. The van der Waals surface area contributed by atoms with Crippen LogP contribution in [0, 0.1) is 0 Å². The fourth-order valence-electron chi connectivity index (χ4n) is 5.97. The minimum Gasteiger partial charge on any atom is -0.507 e. The van der Waals surface area contributed by atoms with Crippen LogP contribution in [0.1, 0.15) is 37.2 Å². The van der Waals surface area contributed by atoms with Gasteiger partial charge in [-0.25, -0.2) is 4.79 Å². The molecule has 3 heterocycles. The standard InChI is InChI=1S/C29H34ClN3O6/c1-31-12-10-19(24(36)16-31)26-21(33-11-6-5-7-17(15-33)32(2)29(37)38)13-22(34)27-23(35)14-25(39-28(26)27)18-8-3-4-9-20(18)30/h3-4,8-9,13-14,17,19,24,34,36H,5-7,10-12,15-16H2,1-2H3,(H,37,38)/t17?,19-,24+/m0/s1. The Balaban J connectivity index is 1.75. The van der Waals surface area contributed by atoms with Gasteiger partial charge in [-0.15, -0.1) is 0 Å². The van der Waals surface area contributed by atoms with Gasteiger partial charge in [0.1, 0.15) is 22.5 Å². The summed E-state index contributed by atoms with van der Waals surface area (Å²) in [4.78, 5) is 30.6. The average Bonchev–Trinajstić information content (AvgIpc) is 3.15. The normalized spacial score (nSPS) is 22.6. The van der Waals surface area contributed by atoms with Gasteiger partial charge in [0, 0.05) is 61.5 Å². The highest BCUT2D eigenvalue weighted by molar-refractivity contribution is 6.33. The maximum atomic E-state index is 13.4. The van der Waals surface area contributed by atoms with Crippen LogP contribution in [-0.4, -0.2) is 83.6 Å². The number of aliphatic hydroxyl groups is 1. The number of carbonyl (C=O) groups is 1. The first-order valence-corrected chi connectivity index (χ1v) is 13.7. The van der Waals surface area contributed by atoms with Crippen LogP contribution in [0.25, 0.3) is 22.3 Å². The van der Waals surface area contributed by atoms with Gasteiger partial charge in [-0.05, 0) is 51.4 Å². The molecule has 9 nitrogen and oxygen atoms in total. The number of halogens is 1. The van der Waals surface area contributed by atoms with E-state index in [0.717, 1.165) is 25.8 Å². The first kappa shape index (κ1) is 27.3. The lowest BCUT2D eigenvalue weighted by molar-refractivity contribution is 0.0640. The smallest absolute Gasteiger partial charge is 0.407 e. The topological polar surface area (TPSA) is 118 Å². The zero-order chi connectivity index (χ0) is 27.8. The van der Waals surface area contributed by atoms with E-state index in [0.29, 0.717) is 47.9 Å². The summed E-state index contributed by atoms with van der Waals surface area (Å²) in [6.45, 7) is 2.24. The summed E-state index contributed by atoms with van der Waals surface area (Å²) >= 11 is 6.45. The van der Waals surface area contributed by atoms with Crippen molar-refractivity contribution in [1.82, 2.24) is 9.80 Å². The molecule has 0 aliphatic carbocycles. The molecule has 3 N–H and O–H groups in total. The van der Waals surface area contributed by atoms with Crippen molar-refractivity contribution in [2.75, 3.05) is 45.2 Å². The Morgan fingerprint density at radius 2 is 1.90 bits per heavy atom. The molecule has 2 aliphatic heterocycles. The van der Waals surface area contributed by atoms with Crippen LogP contribution >= 0.6 is 11.6 Å². The summed E-state index contributed by atoms with van der Waals surface area (Å²) in [6.07, 6.45) is 1.31. The lowest BCUT2D eigenvalue weighted by Gasteiger charge is -2.38. The Bertz CT molecular complexity index is 1440. The van der Waals surface area contributed by atoms with Crippen molar-refractivity contribution in [3.05, 3.63) is 57.2 Å². The van der Waals surface area contributed by atoms with Crippen molar-refractivity contribution in [2.45, 2.75) is 43.7 Å². The number of benzene rings is 2. The molecular weight excluding hydrogens is 522 g/mol. The van der Waals surface area contributed by atoms with Crippen LogP contribution in [0.3, 0.4) is 0 Å². The second-order valence-corrected chi connectivity index (χ2v) is 11.1. The first-order chi connectivity index (χ1) is 18.7. The van der Waals surface area contributed by atoms with E-state index in [1.54, 1.807) is 37.4 Å². The van der Waals surface area contributed by atoms with E-state index in [4.69, 9.17) is 16.0 Å². The van der Waals surface area contributed by atoms with Crippen LogP contribution in [0.4, 0.5) is 10.5 Å². The molecule has 0 bridgehead atoms. The number of amides is 1. The highest BCUT2D eigenvalue weighted by Gasteiger charge is 2.35. The van der Waals surface area contributed by atoms with Gasteiger partial charge in [-0.1, -0.05) is 23.7 Å². The molecule has 5 rings (SSSR count). The molecule has 1 amide bonds. The molecule has 1 unspecified atom stereocenters. The molecule has 2 aliphatic rings. The maximum Gasteiger partial charge on any atom is 0.407 e. The number of anilines is 1. The number of phenolic OH excluding ortho intramolecular Hbond substituents is 1. The molecule has 3 atom stereocenters. The van der Waals surface area contributed by atoms with E-state index in [1.807, 2.05) is 7.05 Å². The Morgan fingerprint density at radius 1 is 1.13 bits per heavy atom. The van der Waals surface area contributed by atoms with Crippen molar-refractivity contribution in [3.8, 4) is 17.1 Å². The van der Waals surface area contributed by atoms with Crippen molar-refractivity contribution in [2.24, 2.45) is 0 Å². The number of aliphatic hydroxyl groups excluding tert-OH is 1. The number of phenols is 1. The molecule has 3 aromatic rings.